The summed E-state index contributed by atoms with van der Waals surface area (Å²) in [5.74, 6) is 1.86. The Morgan fingerprint density at radius 1 is 1.05 bits per heavy atom. The lowest BCUT2D eigenvalue weighted by atomic mass is 9.81. The molecule has 1 aromatic carbocycles. The van der Waals surface area contributed by atoms with Crippen molar-refractivity contribution in [3.63, 3.8) is 0 Å². The molecule has 0 aromatic heterocycles. The highest BCUT2D eigenvalue weighted by molar-refractivity contribution is 6.30. The van der Waals surface area contributed by atoms with Crippen molar-refractivity contribution in [1.29, 1.82) is 0 Å². The average molecular weight is 294 g/mol. The molecule has 0 aliphatic heterocycles. The molecule has 2 rings (SSSR count). The first kappa shape index (κ1) is 15.9. The van der Waals surface area contributed by atoms with E-state index in [0.717, 1.165) is 29.8 Å². The van der Waals surface area contributed by atoms with Gasteiger partial charge in [0, 0.05) is 11.1 Å². The van der Waals surface area contributed by atoms with E-state index in [-0.39, 0.29) is 0 Å². The zero-order valence-corrected chi connectivity index (χ0v) is 13.6. The Balaban J connectivity index is 1.81. The molecule has 0 saturated heterocycles. The first-order chi connectivity index (χ1) is 9.72. The molecule has 0 heterocycles. The van der Waals surface area contributed by atoms with Crippen molar-refractivity contribution in [1.82, 2.24) is 5.32 Å². The highest BCUT2D eigenvalue weighted by Crippen LogP contribution is 2.30. The Kier molecular flexibility index (Phi) is 6.38. The molecule has 20 heavy (non-hydrogen) atoms. The summed E-state index contributed by atoms with van der Waals surface area (Å²) in [6, 6.07) is 8.76. The lowest BCUT2D eigenvalue weighted by Crippen LogP contribution is -2.29. The van der Waals surface area contributed by atoms with Crippen molar-refractivity contribution in [2.75, 3.05) is 6.54 Å². The van der Waals surface area contributed by atoms with E-state index in [4.69, 9.17) is 11.6 Å². The van der Waals surface area contributed by atoms with Crippen molar-refractivity contribution >= 4 is 11.6 Å². The minimum atomic E-state index is 0.469. The van der Waals surface area contributed by atoms with E-state index in [9.17, 15) is 0 Å². The Hall–Kier alpha value is -0.530. The Morgan fingerprint density at radius 2 is 1.65 bits per heavy atom. The molecule has 1 atom stereocenters. The number of hydrogen-bond acceptors (Lipinski definition) is 1. The third kappa shape index (κ3) is 4.49. The van der Waals surface area contributed by atoms with Crippen LogP contribution in [0.25, 0.3) is 0 Å². The first-order valence-electron chi connectivity index (χ1n) is 8.21. The molecule has 2 heteroatoms. The van der Waals surface area contributed by atoms with Gasteiger partial charge in [0.15, 0.2) is 0 Å². The second-order valence-corrected chi connectivity index (χ2v) is 6.65. The van der Waals surface area contributed by atoms with E-state index in [1.807, 2.05) is 12.1 Å². The Labute approximate surface area is 129 Å². The van der Waals surface area contributed by atoms with E-state index < -0.39 is 0 Å². The summed E-state index contributed by atoms with van der Waals surface area (Å²) in [7, 11) is 0. The van der Waals surface area contributed by atoms with Gasteiger partial charge in [0.05, 0.1) is 0 Å². The lowest BCUT2D eigenvalue weighted by molar-refractivity contribution is 0.256. The number of nitrogens with one attached hydrogen (secondary N) is 1. The molecule has 1 aromatic rings. The molecule has 1 fully saturated rings. The van der Waals surface area contributed by atoms with E-state index in [0.29, 0.717) is 6.04 Å². The second kappa shape index (κ2) is 8.05. The molecule has 1 aliphatic carbocycles. The van der Waals surface area contributed by atoms with Gasteiger partial charge in [-0.25, -0.2) is 0 Å². The van der Waals surface area contributed by atoms with Crippen LogP contribution >= 0.6 is 11.6 Å². The van der Waals surface area contributed by atoms with Crippen molar-refractivity contribution in [3.8, 4) is 0 Å². The fourth-order valence-corrected chi connectivity index (χ4v) is 3.47. The molecule has 1 aliphatic rings. The summed E-state index contributed by atoms with van der Waals surface area (Å²) in [5, 5.41) is 4.59. The van der Waals surface area contributed by atoms with Crippen LogP contribution in [0.1, 0.15) is 64.0 Å². The molecule has 0 radical (unpaired) electrons. The third-order valence-corrected chi connectivity index (χ3v) is 5.13. The maximum absolute atomic E-state index is 5.97. The zero-order valence-electron chi connectivity index (χ0n) is 12.9. The van der Waals surface area contributed by atoms with Crippen molar-refractivity contribution in [3.05, 3.63) is 34.9 Å². The Bertz CT molecular complexity index is 379. The fraction of sp³-hybridized carbons (Fsp3) is 0.667. The maximum Gasteiger partial charge on any atom is 0.0406 e. The predicted octanol–water partition coefficient (Wildman–Crippen LogP) is 5.60. The van der Waals surface area contributed by atoms with Gasteiger partial charge in [-0.05, 0) is 55.3 Å². The predicted molar refractivity (Wildman–Crippen MR) is 88.2 cm³/mol. The van der Waals surface area contributed by atoms with E-state index in [2.05, 4.69) is 31.3 Å². The molecule has 112 valence electrons. The van der Waals surface area contributed by atoms with Crippen LogP contribution in [0.3, 0.4) is 0 Å². The third-order valence-electron chi connectivity index (χ3n) is 4.88. The molecular formula is C18H28ClN. The van der Waals surface area contributed by atoms with Crippen molar-refractivity contribution in [2.24, 2.45) is 11.8 Å². The van der Waals surface area contributed by atoms with Gasteiger partial charge >= 0.3 is 0 Å². The van der Waals surface area contributed by atoms with Gasteiger partial charge in [-0.1, -0.05) is 56.8 Å². The van der Waals surface area contributed by atoms with Gasteiger partial charge in [-0.2, -0.15) is 0 Å². The largest absolute Gasteiger partial charge is 0.310 e. The van der Waals surface area contributed by atoms with Gasteiger partial charge < -0.3 is 5.32 Å². The van der Waals surface area contributed by atoms with Crippen LogP contribution in [-0.4, -0.2) is 6.54 Å². The first-order valence-corrected chi connectivity index (χ1v) is 8.59. The molecule has 1 nitrogen and oxygen atoms in total. The fourth-order valence-electron chi connectivity index (χ4n) is 3.35. The highest BCUT2D eigenvalue weighted by atomic mass is 35.5. The molecule has 0 spiro atoms. The van der Waals surface area contributed by atoms with Crippen LogP contribution in [0.4, 0.5) is 0 Å². The number of hydrogen-bond donors (Lipinski definition) is 1. The van der Waals surface area contributed by atoms with E-state index >= 15 is 0 Å². The molecular weight excluding hydrogens is 266 g/mol. The summed E-state index contributed by atoms with van der Waals surface area (Å²) in [5.41, 5.74) is 1.36. The SMILES string of the molecule is CCC1CCC(CNC(CC)c2ccc(Cl)cc2)CC1. The maximum atomic E-state index is 5.97. The summed E-state index contributed by atoms with van der Waals surface area (Å²) in [6.07, 6.45) is 8.17. The summed E-state index contributed by atoms with van der Waals surface area (Å²) in [4.78, 5) is 0. The zero-order chi connectivity index (χ0) is 14.4. The molecule has 1 N–H and O–H groups in total. The van der Waals surface area contributed by atoms with Crippen LogP contribution in [-0.2, 0) is 0 Å². The van der Waals surface area contributed by atoms with Crippen molar-refractivity contribution in [2.45, 2.75) is 58.4 Å². The topological polar surface area (TPSA) is 12.0 Å². The lowest BCUT2D eigenvalue weighted by Gasteiger charge is -2.29. The summed E-state index contributed by atoms with van der Waals surface area (Å²) >= 11 is 5.97. The van der Waals surface area contributed by atoms with Gasteiger partial charge in [0.25, 0.3) is 0 Å². The van der Waals surface area contributed by atoms with Gasteiger partial charge in [0.2, 0.25) is 0 Å². The minimum Gasteiger partial charge on any atom is -0.310 e. The number of rotatable bonds is 6. The summed E-state index contributed by atoms with van der Waals surface area (Å²) in [6.45, 7) is 5.74. The average Bonchev–Trinajstić information content (AvgIpc) is 2.50. The Morgan fingerprint density at radius 3 is 2.20 bits per heavy atom. The van der Waals surface area contributed by atoms with Crippen molar-refractivity contribution < 1.29 is 0 Å². The van der Waals surface area contributed by atoms with Crippen LogP contribution in [0, 0.1) is 11.8 Å². The highest BCUT2D eigenvalue weighted by Gasteiger charge is 2.20. The quantitative estimate of drug-likeness (QED) is 0.720. The molecule has 0 bridgehead atoms. The van der Waals surface area contributed by atoms with Crippen LogP contribution in [0.2, 0.25) is 5.02 Å². The van der Waals surface area contributed by atoms with Crippen LogP contribution in [0.15, 0.2) is 24.3 Å². The smallest absolute Gasteiger partial charge is 0.0406 e. The van der Waals surface area contributed by atoms with E-state index in [1.54, 1.807) is 0 Å². The monoisotopic (exact) mass is 293 g/mol. The standard InChI is InChI=1S/C18H28ClN/c1-3-14-5-7-15(8-6-14)13-20-18(4-2)16-9-11-17(19)12-10-16/h9-12,14-15,18,20H,3-8,13H2,1-2H3. The minimum absolute atomic E-state index is 0.469. The number of benzene rings is 1. The molecule has 1 saturated carbocycles. The van der Waals surface area contributed by atoms with Crippen LogP contribution < -0.4 is 5.32 Å². The van der Waals surface area contributed by atoms with Gasteiger partial charge in [0.1, 0.15) is 0 Å². The normalized spacial score (nSPS) is 24.6. The molecule has 1 unspecified atom stereocenters. The van der Waals surface area contributed by atoms with E-state index in [1.165, 1.54) is 37.7 Å². The van der Waals surface area contributed by atoms with Gasteiger partial charge in [-0.3, -0.25) is 0 Å². The number of halogens is 1. The van der Waals surface area contributed by atoms with Gasteiger partial charge in [-0.15, -0.1) is 0 Å². The second-order valence-electron chi connectivity index (χ2n) is 6.22. The molecule has 0 amide bonds. The summed E-state index contributed by atoms with van der Waals surface area (Å²) < 4.78 is 0. The van der Waals surface area contributed by atoms with Crippen LogP contribution in [0.5, 0.6) is 0 Å².